The Morgan fingerprint density at radius 1 is 0.643 bits per heavy atom. The highest BCUT2D eigenvalue weighted by atomic mass is 32.2. The van der Waals surface area contributed by atoms with Crippen LogP contribution < -0.4 is 0 Å². The van der Waals surface area contributed by atoms with Gasteiger partial charge >= 0.3 is 0 Å². The smallest absolute Gasteiger partial charge is 0.267 e. The molecule has 2 aromatic rings. The van der Waals surface area contributed by atoms with Crippen LogP contribution in [0.25, 0.3) is 0 Å². The van der Waals surface area contributed by atoms with Gasteiger partial charge in [0.1, 0.15) is 8.64 Å². The van der Waals surface area contributed by atoms with Crippen LogP contribution in [0.3, 0.4) is 0 Å². The topological polar surface area (TPSA) is 40.6 Å². The van der Waals surface area contributed by atoms with Crippen LogP contribution in [0.4, 0.5) is 0 Å². The summed E-state index contributed by atoms with van der Waals surface area (Å²) in [6, 6.07) is 19.3. The van der Waals surface area contributed by atoms with Crippen molar-refractivity contribution < 1.29 is 9.59 Å². The van der Waals surface area contributed by atoms with Crippen molar-refractivity contribution in [2.45, 2.75) is 13.1 Å². The number of carbonyl (C=O) groups excluding carboxylic acids is 2. The second-order valence-corrected chi connectivity index (χ2v) is 9.44. The fourth-order valence-corrected chi connectivity index (χ4v) is 5.54. The third-order valence-electron chi connectivity index (χ3n) is 4.27. The van der Waals surface area contributed by atoms with Gasteiger partial charge in [0.25, 0.3) is 11.8 Å². The van der Waals surface area contributed by atoms with Crippen LogP contribution in [0.15, 0.2) is 70.5 Å². The molecule has 0 unspecified atom stereocenters. The number of benzene rings is 2. The molecule has 0 saturated carbocycles. The van der Waals surface area contributed by atoms with E-state index >= 15 is 0 Å². The first-order valence-corrected chi connectivity index (χ1v) is 10.9. The summed E-state index contributed by atoms with van der Waals surface area (Å²) in [5, 5.41) is 0. The number of thiocarbonyl (C=S) groups is 2. The zero-order valence-electron chi connectivity index (χ0n) is 14.5. The third-order valence-corrected chi connectivity index (χ3v) is 7.30. The minimum Gasteiger partial charge on any atom is -0.288 e. The number of carbonyl (C=O) groups is 2. The second-order valence-electron chi connectivity index (χ2n) is 6.15. The Morgan fingerprint density at radius 2 is 1.00 bits per heavy atom. The van der Waals surface area contributed by atoms with E-state index in [0.29, 0.717) is 31.5 Å². The highest BCUT2D eigenvalue weighted by molar-refractivity contribution is 8.29. The minimum absolute atomic E-state index is 0.237. The number of nitrogens with zero attached hydrogens (tertiary/aromatic N) is 2. The van der Waals surface area contributed by atoms with Gasteiger partial charge in [-0.1, -0.05) is 109 Å². The SMILES string of the molecule is O=C1C(=C2SC(=S)N(Cc3ccccc3)C2=O)SC(=S)N1Cc1ccccc1. The lowest BCUT2D eigenvalue weighted by Gasteiger charge is -2.15. The molecule has 8 heteroatoms. The largest absolute Gasteiger partial charge is 0.288 e. The van der Waals surface area contributed by atoms with Gasteiger partial charge in [-0.3, -0.25) is 19.4 Å². The van der Waals surface area contributed by atoms with Crippen LogP contribution in [-0.4, -0.2) is 30.3 Å². The highest BCUT2D eigenvalue weighted by Crippen LogP contribution is 2.42. The third kappa shape index (κ3) is 3.77. The van der Waals surface area contributed by atoms with E-state index in [-0.39, 0.29) is 11.8 Å². The van der Waals surface area contributed by atoms with E-state index in [9.17, 15) is 9.59 Å². The molecule has 2 saturated heterocycles. The molecule has 2 amide bonds. The van der Waals surface area contributed by atoms with E-state index in [1.165, 1.54) is 33.3 Å². The van der Waals surface area contributed by atoms with Crippen molar-refractivity contribution in [3.8, 4) is 0 Å². The summed E-state index contributed by atoms with van der Waals surface area (Å²) < 4.78 is 0.911. The van der Waals surface area contributed by atoms with Gasteiger partial charge in [-0.15, -0.1) is 0 Å². The molecule has 0 aromatic heterocycles. The number of thioether (sulfide) groups is 2. The Balaban J connectivity index is 1.57. The molecule has 28 heavy (non-hydrogen) atoms. The van der Waals surface area contributed by atoms with Crippen molar-refractivity contribution in [3.63, 3.8) is 0 Å². The zero-order chi connectivity index (χ0) is 19.7. The maximum Gasteiger partial charge on any atom is 0.267 e. The first-order chi connectivity index (χ1) is 13.5. The van der Waals surface area contributed by atoms with Crippen LogP contribution in [0.1, 0.15) is 11.1 Å². The normalized spacial score (nSPS) is 19.9. The molecule has 4 nitrogen and oxygen atoms in total. The van der Waals surface area contributed by atoms with E-state index < -0.39 is 0 Å². The molecule has 2 aromatic carbocycles. The molecule has 0 N–H and O–H groups in total. The van der Waals surface area contributed by atoms with Crippen molar-refractivity contribution in [3.05, 3.63) is 81.6 Å². The first kappa shape index (κ1) is 19.3. The molecular weight excluding hydrogens is 429 g/mol. The van der Waals surface area contributed by atoms with E-state index in [4.69, 9.17) is 24.4 Å². The minimum atomic E-state index is -0.237. The summed E-state index contributed by atoms with van der Waals surface area (Å²) >= 11 is 13.1. The molecule has 0 aliphatic carbocycles. The summed E-state index contributed by atoms with van der Waals surface area (Å²) in [6.45, 7) is 0.776. The molecule has 2 fully saturated rings. The predicted molar refractivity (Wildman–Crippen MR) is 121 cm³/mol. The van der Waals surface area contributed by atoms with Crippen LogP contribution in [0.5, 0.6) is 0 Å². The molecule has 4 rings (SSSR count). The van der Waals surface area contributed by atoms with E-state index in [2.05, 4.69) is 0 Å². The van der Waals surface area contributed by atoms with Crippen LogP contribution in [-0.2, 0) is 22.7 Å². The zero-order valence-corrected chi connectivity index (χ0v) is 17.8. The maximum atomic E-state index is 13.0. The Morgan fingerprint density at radius 3 is 1.36 bits per heavy atom. The van der Waals surface area contributed by atoms with Crippen molar-refractivity contribution in [2.75, 3.05) is 0 Å². The highest BCUT2D eigenvalue weighted by Gasteiger charge is 2.41. The lowest BCUT2D eigenvalue weighted by Crippen LogP contribution is -2.29. The van der Waals surface area contributed by atoms with Crippen LogP contribution in [0.2, 0.25) is 0 Å². The lowest BCUT2D eigenvalue weighted by molar-refractivity contribution is -0.125. The van der Waals surface area contributed by atoms with E-state index in [1.54, 1.807) is 0 Å². The van der Waals surface area contributed by atoms with Crippen molar-refractivity contribution in [1.29, 1.82) is 0 Å². The molecule has 2 aliphatic rings. The fourth-order valence-electron chi connectivity index (χ4n) is 2.87. The lowest BCUT2D eigenvalue weighted by atomic mass is 10.2. The number of hydrogen-bond donors (Lipinski definition) is 0. The summed E-state index contributed by atoms with van der Waals surface area (Å²) in [7, 11) is 0. The molecule has 0 spiro atoms. The second kappa shape index (κ2) is 8.16. The molecule has 0 radical (unpaired) electrons. The van der Waals surface area contributed by atoms with Gasteiger partial charge < -0.3 is 0 Å². The van der Waals surface area contributed by atoms with Crippen molar-refractivity contribution in [1.82, 2.24) is 9.80 Å². The molecule has 0 atom stereocenters. The number of hydrogen-bond acceptors (Lipinski definition) is 6. The standard InChI is InChI=1S/C20H14N2O2S4/c23-17-15(27-19(25)21(17)11-13-7-3-1-4-8-13)16-18(24)22(20(26)28-16)12-14-9-5-2-6-10-14/h1-10H,11-12H2. The van der Waals surface area contributed by atoms with Gasteiger partial charge in [0.05, 0.1) is 22.9 Å². The van der Waals surface area contributed by atoms with Gasteiger partial charge in [-0.2, -0.15) is 0 Å². The summed E-state index contributed by atoms with van der Waals surface area (Å²) in [5.74, 6) is -0.474. The molecule has 0 bridgehead atoms. The van der Waals surface area contributed by atoms with Crippen molar-refractivity contribution >= 4 is 68.4 Å². The predicted octanol–water partition coefficient (Wildman–Crippen LogP) is 4.32. The maximum absolute atomic E-state index is 13.0. The van der Waals surface area contributed by atoms with Crippen LogP contribution in [0, 0.1) is 0 Å². The summed E-state index contributed by atoms with van der Waals surface area (Å²) in [6.07, 6.45) is 0. The monoisotopic (exact) mass is 442 g/mol. The molecule has 2 heterocycles. The quantitative estimate of drug-likeness (QED) is 0.519. The van der Waals surface area contributed by atoms with Gasteiger partial charge in [0, 0.05) is 0 Å². The van der Waals surface area contributed by atoms with Crippen molar-refractivity contribution in [2.24, 2.45) is 0 Å². The first-order valence-electron chi connectivity index (χ1n) is 8.44. The van der Waals surface area contributed by atoms with E-state index in [1.807, 2.05) is 60.7 Å². The van der Waals surface area contributed by atoms with Gasteiger partial charge in [0.15, 0.2) is 0 Å². The Bertz CT molecular complexity index is 924. The average Bonchev–Trinajstić information content (AvgIpc) is 3.14. The van der Waals surface area contributed by atoms with E-state index in [0.717, 1.165) is 11.1 Å². The fraction of sp³-hybridized carbons (Fsp3) is 0.100. The Hall–Kier alpha value is -2.00. The Kier molecular flexibility index (Phi) is 5.63. The number of rotatable bonds is 4. The molecule has 140 valence electrons. The summed E-state index contributed by atoms with van der Waals surface area (Å²) in [4.78, 5) is 29.7. The van der Waals surface area contributed by atoms with Crippen LogP contribution >= 0.6 is 48.0 Å². The molecular formula is C20H14N2O2S4. The Labute approximate surface area is 182 Å². The average molecular weight is 443 g/mol. The van der Waals surface area contributed by atoms with Gasteiger partial charge in [-0.05, 0) is 11.1 Å². The van der Waals surface area contributed by atoms with Gasteiger partial charge in [0.2, 0.25) is 0 Å². The molecule has 2 aliphatic heterocycles. The summed E-state index contributed by atoms with van der Waals surface area (Å²) in [5.41, 5.74) is 1.97. The van der Waals surface area contributed by atoms with Gasteiger partial charge in [-0.25, -0.2) is 0 Å². The number of amides is 2.